The minimum atomic E-state index is -0.944. The zero-order chi connectivity index (χ0) is 42.2. The average molecular weight is 799 g/mol. The van der Waals surface area contributed by atoms with Gasteiger partial charge >= 0.3 is 11.9 Å². The number of hydrogen-bond acceptors (Lipinski definition) is 8. The molecule has 0 radical (unpaired) electrons. The molecule has 3 N–H and O–H groups in total. The van der Waals surface area contributed by atoms with E-state index in [1.807, 2.05) is 65.0 Å². The smallest absolute Gasteiger partial charge is 0.306 e. The summed E-state index contributed by atoms with van der Waals surface area (Å²) >= 11 is 1.19. The van der Waals surface area contributed by atoms with Crippen LogP contribution in [0.5, 0.6) is 0 Å². The van der Waals surface area contributed by atoms with Crippen LogP contribution in [0, 0.1) is 29.1 Å². The van der Waals surface area contributed by atoms with Gasteiger partial charge in [-0.2, -0.15) is 0 Å². The number of aromatic nitrogens is 1. The fourth-order valence-electron chi connectivity index (χ4n) is 6.87. The van der Waals surface area contributed by atoms with E-state index in [1.54, 1.807) is 24.3 Å². The normalized spacial score (nSPS) is 15.5. The first-order chi connectivity index (χ1) is 26.2. The second-order valence-corrected chi connectivity index (χ2v) is 18.2. The lowest BCUT2D eigenvalue weighted by Gasteiger charge is -2.37. The van der Waals surface area contributed by atoms with Gasteiger partial charge in [0.15, 0.2) is 6.10 Å². The second-order valence-electron chi connectivity index (χ2n) is 17.3. The fraction of sp³-hybridized carbons (Fsp3) is 0.682. The number of carboxylic acids is 1. The highest BCUT2D eigenvalue weighted by molar-refractivity contribution is 7.09. The minimum absolute atomic E-state index is 0.0507. The largest absolute Gasteiger partial charge is 0.481 e. The lowest BCUT2D eigenvalue weighted by Crippen LogP contribution is -2.55. The Morgan fingerprint density at radius 3 is 2.12 bits per heavy atom. The van der Waals surface area contributed by atoms with Crippen LogP contribution in [0.25, 0.3) is 0 Å². The molecule has 0 aliphatic heterocycles. The Kier molecular flexibility index (Phi) is 20.2. The van der Waals surface area contributed by atoms with E-state index in [0.717, 1.165) is 31.2 Å². The van der Waals surface area contributed by atoms with E-state index in [9.17, 15) is 29.1 Å². The van der Waals surface area contributed by atoms with E-state index in [-0.39, 0.29) is 48.1 Å². The number of thiazole rings is 1. The highest BCUT2D eigenvalue weighted by Gasteiger charge is 2.36. The Bertz CT molecular complexity index is 1540. The third-order valence-electron chi connectivity index (χ3n) is 10.7. The number of ether oxygens (including phenoxy) is 1. The predicted octanol–water partition coefficient (Wildman–Crippen LogP) is 8.63. The summed E-state index contributed by atoms with van der Waals surface area (Å²) in [5, 5.41) is 17.6. The van der Waals surface area contributed by atoms with Gasteiger partial charge in [-0.25, -0.2) is 4.98 Å². The van der Waals surface area contributed by atoms with Crippen molar-refractivity contribution in [3.63, 3.8) is 0 Å². The molecular formula is C44H70N4O7S. The van der Waals surface area contributed by atoms with Crippen LogP contribution in [0.15, 0.2) is 35.7 Å². The van der Waals surface area contributed by atoms with Crippen LogP contribution in [0.4, 0.5) is 0 Å². The summed E-state index contributed by atoms with van der Waals surface area (Å²) in [6.45, 7) is 19.6. The van der Waals surface area contributed by atoms with Crippen molar-refractivity contribution in [1.29, 1.82) is 0 Å². The van der Waals surface area contributed by atoms with Crippen molar-refractivity contribution in [3.05, 3.63) is 52.0 Å². The third kappa shape index (κ3) is 16.7. The van der Waals surface area contributed by atoms with Crippen LogP contribution in [0.2, 0.25) is 0 Å². The van der Waals surface area contributed by atoms with Crippen molar-refractivity contribution < 1.29 is 33.8 Å². The number of unbranched alkanes of at least 4 members (excludes halogenated alkanes) is 3. The topological polar surface area (TPSA) is 155 Å². The predicted molar refractivity (Wildman–Crippen MR) is 223 cm³/mol. The third-order valence-corrected chi connectivity index (χ3v) is 11.6. The quantitative estimate of drug-likeness (QED) is 0.0705. The van der Waals surface area contributed by atoms with Crippen molar-refractivity contribution in [1.82, 2.24) is 20.5 Å². The first-order valence-electron chi connectivity index (χ1n) is 20.5. The Labute approximate surface area is 340 Å². The number of hydrogen-bond donors (Lipinski definition) is 3. The Hall–Kier alpha value is -3.80. The molecule has 314 valence electrons. The van der Waals surface area contributed by atoms with Gasteiger partial charge in [0.25, 0.3) is 5.91 Å². The molecule has 56 heavy (non-hydrogen) atoms. The van der Waals surface area contributed by atoms with Crippen LogP contribution in [-0.4, -0.2) is 69.8 Å². The molecule has 12 heteroatoms. The number of aliphatic carboxylic acids is 1. The lowest BCUT2D eigenvalue weighted by molar-refractivity contribution is -0.149. The number of carboxylic acid groups (broad SMARTS) is 1. The van der Waals surface area contributed by atoms with Crippen molar-refractivity contribution in [2.75, 3.05) is 7.05 Å². The van der Waals surface area contributed by atoms with E-state index >= 15 is 0 Å². The summed E-state index contributed by atoms with van der Waals surface area (Å²) in [6, 6.07) is 7.97. The molecule has 11 nitrogen and oxygen atoms in total. The van der Waals surface area contributed by atoms with Crippen LogP contribution < -0.4 is 10.6 Å². The first-order valence-corrected chi connectivity index (χ1v) is 21.4. The molecular weight excluding hydrogens is 729 g/mol. The number of carbonyl (C=O) groups excluding carboxylic acids is 4. The molecule has 1 aromatic heterocycles. The number of benzene rings is 1. The Balaban J connectivity index is 2.21. The SMILES string of the molecule is CC[C@H](C)[C@H](NC(=O)[C@H](C)CCCCCCC(C)(C)C)C(=O)N(C)[C@H](C[C@@H](OC(C)=O)c1nc(C(=O)N[C@@H](Cc2ccccc2)C[C@H](C)C(=O)O)cs1)C(C)C. The maximum absolute atomic E-state index is 14.2. The highest BCUT2D eigenvalue weighted by atomic mass is 32.1. The molecule has 2 rings (SSSR count). The summed E-state index contributed by atoms with van der Waals surface area (Å²) in [5.74, 6) is -3.31. The van der Waals surface area contributed by atoms with Gasteiger partial charge in [0.1, 0.15) is 16.7 Å². The Morgan fingerprint density at radius 1 is 0.911 bits per heavy atom. The number of amides is 3. The maximum Gasteiger partial charge on any atom is 0.306 e. The van der Waals surface area contributed by atoms with Crippen molar-refractivity contribution in [2.45, 2.75) is 158 Å². The number of rotatable bonds is 24. The van der Waals surface area contributed by atoms with Gasteiger partial charge in [0.2, 0.25) is 11.8 Å². The number of likely N-dealkylation sites (N-methyl/N-ethyl adjacent to an activating group) is 1. The molecule has 0 aliphatic carbocycles. The minimum Gasteiger partial charge on any atom is -0.481 e. The molecule has 0 spiro atoms. The van der Waals surface area contributed by atoms with Crippen molar-refractivity contribution >= 4 is 41.0 Å². The molecule has 3 amide bonds. The maximum atomic E-state index is 14.2. The van der Waals surface area contributed by atoms with Crippen molar-refractivity contribution in [2.24, 2.45) is 29.1 Å². The molecule has 0 unspecified atom stereocenters. The number of nitrogens with one attached hydrogen (secondary N) is 2. The summed E-state index contributed by atoms with van der Waals surface area (Å²) in [5.41, 5.74) is 1.42. The van der Waals surface area contributed by atoms with Crippen molar-refractivity contribution in [3.8, 4) is 0 Å². The zero-order valence-electron chi connectivity index (χ0n) is 35.9. The standard InChI is InChI=1S/C44H70N4O7S/c1-12-29(4)38(47-39(50)30(5)20-16-13-14-19-23-44(8,9)10)42(52)48(11)36(28(2)3)26-37(55-32(7)49)41-46-35(27-56-41)40(51)45-34(24-31(6)43(53)54)25-33-21-17-15-18-22-33/h15,17-18,21-22,27-31,34,36-38H,12-14,16,19-20,23-26H2,1-11H3,(H,45,51)(H,47,50)(H,53,54)/t29-,30+,31-,34+,36+,37+,38-/m0/s1. The van der Waals surface area contributed by atoms with Gasteiger partial charge in [-0.1, -0.05) is 125 Å². The molecule has 1 aromatic carbocycles. The van der Waals surface area contributed by atoms with Crippen LogP contribution in [0.1, 0.15) is 154 Å². The van der Waals surface area contributed by atoms with E-state index in [4.69, 9.17) is 4.74 Å². The fourth-order valence-corrected chi connectivity index (χ4v) is 7.71. The molecule has 1 heterocycles. The number of carbonyl (C=O) groups is 5. The van der Waals surface area contributed by atoms with Crippen LogP contribution in [0.3, 0.4) is 0 Å². The monoisotopic (exact) mass is 798 g/mol. The lowest BCUT2D eigenvalue weighted by atomic mass is 9.89. The summed E-state index contributed by atoms with van der Waals surface area (Å²) in [7, 11) is 1.73. The number of nitrogens with zero attached hydrogens (tertiary/aromatic N) is 2. The first kappa shape index (κ1) is 48.3. The van der Waals surface area contributed by atoms with E-state index in [0.29, 0.717) is 23.3 Å². The molecule has 0 saturated carbocycles. The zero-order valence-corrected chi connectivity index (χ0v) is 36.7. The van der Waals surface area contributed by atoms with Gasteiger partial charge < -0.3 is 25.4 Å². The molecule has 0 aliphatic rings. The van der Waals surface area contributed by atoms with Gasteiger partial charge in [-0.3, -0.25) is 24.0 Å². The molecule has 7 atom stereocenters. The van der Waals surface area contributed by atoms with E-state index in [1.165, 1.54) is 31.1 Å². The molecule has 0 fully saturated rings. The highest BCUT2D eigenvalue weighted by Crippen LogP contribution is 2.31. The van der Waals surface area contributed by atoms with Gasteiger partial charge in [-0.05, 0) is 48.5 Å². The van der Waals surface area contributed by atoms with Gasteiger partial charge in [0, 0.05) is 43.8 Å². The Morgan fingerprint density at radius 2 is 1.55 bits per heavy atom. The van der Waals surface area contributed by atoms with E-state index < -0.39 is 48.0 Å². The second kappa shape index (κ2) is 23.4. The average Bonchev–Trinajstić information content (AvgIpc) is 3.63. The van der Waals surface area contributed by atoms with E-state index in [2.05, 4.69) is 36.4 Å². The molecule has 2 aromatic rings. The molecule has 0 saturated heterocycles. The van der Waals surface area contributed by atoms with Gasteiger partial charge in [-0.15, -0.1) is 11.3 Å². The summed E-state index contributed by atoms with van der Waals surface area (Å²) in [6.07, 6.45) is 7.08. The molecule has 0 bridgehead atoms. The van der Waals surface area contributed by atoms with Crippen LogP contribution >= 0.6 is 11.3 Å². The summed E-state index contributed by atoms with van der Waals surface area (Å²) < 4.78 is 5.79. The van der Waals surface area contributed by atoms with Crippen LogP contribution in [-0.2, 0) is 30.3 Å². The number of esters is 1. The van der Waals surface area contributed by atoms with Gasteiger partial charge in [0.05, 0.1) is 5.92 Å². The summed E-state index contributed by atoms with van der Waals surface area (Å²) in [4.78, 5) is 71.5.